The third-order valence-corrected chi connectivity index (χ3v) is 11.8. The maximum Gasteiger partial charge on any atom is 0.136 e. The molecule has 0 atom stereocenters. The Balaban J connectivity index is 1.19. The highest BCUT2D eigenvalue weighted by molar-refractivity contribution is 6.30. The molecule has 55 heavy (non-hydrogen) atoms. The van der Waals surface area contributed by atoms with E-state index >= 15 is 0 Å². The highest BCUT2D eigenvalue weighted by Crippen LogP contribution is 2.50. The molecule has 1 nitrogen and oxygen atoms in total. The summed E-state index contributed by atoms with van der Waals surface area (Å²) < 4.78 is 6.45. The lowest BCUT2D eigenvalue weighted by Gasteiger charge is -2.22. The maximum absolute atomic E-state index is 6.45. The Morgan fingerprint density at radius 2 is 0.618 bits per heavy atom. The Hall–Kier alpha value is -7.22. The average Bonchev–Trinajstić information content (AvgIpc) is 3.63. The van der Waals surface area contributed by atoms with Crippen molar-refractivity contribution in [2.45, 2.75) is 0 Å². The molecular weight excluding hydrogens is 665 g/mol. The summed E-state index contributed by atoms with van der Waals surface area (Å²) in [5.74, 6) is 0. The molecule has 0 fully saturated rings. The van der Waals surface area contributed by atoms with Gasteiger partial charge in [-0.15, -0.1) is 0 Å². The van der Waals surface area contributed by atoms with Crippen molar-refractivity contribution in [3.05, 3.63) is 194 Å². The quantitative estimate of drug-likeness (QED) is 0.168. The minimum absolute atomic E-state index is 0.907. The average molecular weight is 697 g/mol. The molecule has 12 aromatic rings. The van der Waals surface area contributed by atoms with E-state index in [1.165, 1.54) is 103 Å². The van der Waals surface area contributed by atoms with Gasteiger partial charge in [0.1, 0.15) is 11.2 Å². The van der Waals surface area contributed by atoms with Crippen LogP contribution in [-0.2, 0) is 0 Å². The second kappa shape index (κ2) is 11.6. The van der Waals surface area contributed by atoms with Crippen LogP contribution in [0, 0.1) is 0 Å². The van der Waals surface area contributed by atoms with Crippen LogP contribution in [0.4, 0.5) is 0 Å². The SMILES string of the molecule is c1ccc2cc(-c3c4ccccc4c(-c4c5ccccc5c(-c5ccc6oc7ccc8ccccc8c7c6c5)c5ccccc45)c4ccccc34)ccc2c1. The number of hydrogen-bond acceptors (Lipinski definition) is 1. The second-order valence-electron chi connectivity index (χ2n) is 14.7. The van der Waals surface area contributed by atoms with E-state index in [4.69, 9.17) is 4.42 Å². The molecule has 254 valence electrons. The van der Waals surface area contributed by atoms with Gasteiger partial charge in [0.15, 0.2) is 0 Å². The molecule has 0 aliphatic carbocycles. The zero-order valence-corrected chi connectivity index (χ0v) is 29.9. The van der Waals surface area contributed by atoms with Gasteiger partial charge in [-0.1, -0.05) is 170 Å². The minimum atomic E-state index is 0.907. The molecule has 0 aliphatic rings. The Kier molecular flexibility index (Phi) is 6.40. The summed E-state index contributed by atoms with van der Waals surface area (Å²) >= 11 is 0. The highest BCUT2D eigenvalue weighted by atomic mass is 16.3. The van der Waals surface area contributed by atoms with Crippen LogP contribution < -0.4 is 0 Å². The maximum atomic E-state index is 6.45. The molecule has 1 aromatic heterocycles. The number of fused-ring (bicyclic) bond motifs is 10. The molecule has 0 amide bonds. The Morgan fingerprint density at radius 3 is 1.16 bits per heavy atom. The first-order chi connectivity index (χ1) is 27.3. The van der Waals surface area contributed by atoms with Gasteiger partial charge in [0, 0.05) is 10.8 Å². The van der Waals surface area contributed by atoms with Crippen LogP contribution in [0.2, 0.25) is 0 Å². The smallest absolute Gasteiger partial charge is 0.136 e. The second-order valence-corrected chi connectivity index (χ2v) is 14.7. The van der Waals surface area contributed by atoms with Gasteiger partial charge in [-0.2, -0.15) is 0 Å². The first kappa shape index (κ1) is 30.3. The van der Waals surface area contributed by atoms with E-state index in [0.717, 1.165) is 16.6 Å². The fourth-order valence-electron chi connectivity index (χ4n) is 9.47. The van der Waals surface area contributed by atoms with Gasteiger partial charge < -0.3 is 4.42 Å². The monoisotopic (exact) mass is 696 g/mol. The van der Waals surface area contributed by atoms with Crippen LogP contribution in [-0.4, -0.2) is 0 Å². The Morgan fingerprint density at radius 1 is 0.236 bits per heavy atom. The summed E-state index contributed by atoms with van der Waals surface area (Å²) in [4.78, 5) is 0. The molecule has 0 saturated carbocycles. The minimum Gasteiger partial charge on any atom is -0.456 e. The summed E-state index contributed by atoms with van der Waals surface area (Å²) in [5, 5.41) is 17.2. The third-order valence-electron chi connectivity index (χ3n) is 11.8. The van der Waals surface area contributed by atoms with Crippen LogP contribution in [0.25, 0.3) is 120 Å². The molecule has 0 N–H and O–H groups in total. The van der Waals surface area contributed by atoms with Crippen molar-refractivity contribution in [3.63, 3.8) is 0 Å². The van der Waals surface area contributed by atoms with Crippen molar-refractivity contribution in [2.24, 2.45) is 0 Å². The predicted octanol–water partition coefficient (Wildman–Crippen LogP) is 15.5. The molecule has 12 rings (SSSR count). The van der Waals surface area contributed by atoms with E-state index in [2.05, 4.69) is 194 Å². The first-order valence-electron chi connectivity index (χ1n) is 19.0. The van der Waals surface area contributed by atoms with E-state index < -0.39 is 0 Å². The number of rotatable bonds is 3. The molecule has 0 unspecified atom stereocenters. The summed E-state index contributed by atoms with van der Waals surface area (Å²) in [6.07, 6.45) is 0. The lowest BCUT2D eigenvalue weighted by Crippen LogP contribution is -1.94. The van der Waals surface area contributed by atoms with Crippen LogP contribution >= 0.6 is 0 Å². The Bertz CT molecular complexity index is 3430. The van der Waals surface area contributed by atoms with Crippen molar-refractivity contribution in [1.29, 1.82) is 0 Å². The third kappa shape index (κ3) is 4.41. The zero-order valence-electron chi connectivity index (χ0n) is 29.9. The standard InChI is InChI=1S/C54H32O/c1-2-15-35-31-36(26-25-33(35)13-1)50-39-17-5-9-21-43(39)53(44-22-10-6-18-40(44)50)54-45-23-11-7-19-41(45)51(42-20-8-12-24-46(42)54)37-28-29-48-47(32-37)52-38-16-4-3-14-34(38)27-30-49(52)55-48/h1-32H. The summed E-state index contributed by atoms with van der Waals surface area (Å²) in [5.41, 5.74) is 9.31. The first-order valence-corrected chi connectivity index (χ1v) is 19.0. The van der Waals surface area contributed by atoms with Gasteiger partial charge in [-0.05, 0) is 122 Å². The van der Waals surface area contributed by atoms with Crippen molar-refractivity contribution in [1.82, 2.24) is 0 Å². The molecule has 11 aromatic carbocycles. The largest absolute Gasteiger partial charge is 0.456 e. The van der Waals surface area contributed by atoms with Crippen LogP contribution in [0.5, 0.6) is 0 Å². The molecule has 0 aliphatic heterocycles. The molecule has 0 spiro atoms. The van der Waals surface area contributed by atoms with Gasteiger partial charge in [-0.3, -0.25) is 0 Å². The van der Waals surface area contributed by atoms with Crippen molar-refractivity contribution in [3.8, 4) is 33.4 Å². The fourth-order valence-corrected chi connectivity index (χ4v) is 9.47. The topological polar surface area (TPSA) is 13.1 Å². The van der Waals surface area contributed by atoms with Gasteiger partial charge in [0.2, 0.25) is 0 Å². The number of benzene rings is 11. The van der Waals surface area contributed by atoms with Gasteiger partial charge in [-0.25, -0.2) is 0 Å². The van der Waals surface area contributed by atoms with Gasteiger partial charge in [0.05, 0.1) is 0 Å². The van der Waals surface area contributed by atoms with Crippen molar-refractivity contribution < 1.29 is 4.42 Å². The Labute approximate surface area is 317 Å². The van der Waals surface area contributed by atoms with E-state index in [-0.39, 0.29) is 0 Å². The van der Waals surface area contributed by atoms with E-state index in [1.807, 2.05) is 0 Å². The normalized spacial score (nSPS) is 12.0. The predicted molar refractivity (Wildman–Crippen MR) is 235 cm³/mol. The fraction of sp³-hybridized carbons (Fsp3) is 0. The molecule has 0 saturated heterocycles. The molecule has 0 radical (unpaired) electrons. The highest BCUT2D eigenvalue weighted by Gasteiger charge is 2.23. The summed E-state index contributed by atoms with van der Waals surface area (Å²) in [7, 11) is 0. The lowest BCUT2D eigenvalue weighted by atomic mass is 9.81. The van der Waals surface area contributed by atoms with Crippen LogP contribution in [0.15, 0.2) is 199 Å². The zero-order chi connectivity index (χ0) is 36.0. The van der Waals surface area contributed by atoms with Gasteiger partial charge >= 0.3 is 0 Å². The van der Waals surface area contributed by atoms with E-state index in [9.17, 15) is 0 Å². The van der Waals surface area contributed by atoms with Gasteiger partial charge in [0.25, 0.3) is 0 Å². The summed E-state index contributed by atoms with van der Waals surface area (Å²) in [6, 6.07) is 71.2. The van der Waals surface area contributed by atoms with Crippen LogP contribution in [0.1, 0.15) is 0 Å². The number of hydrogen-bond donors (Lipinski definition) is 0. The summed E-state index contributed by atoms with van der Waals surface area (Å²) in [6.45, 7) is 0. The molecule has 1 heteroatoms. The molecule has 1 heterocycles. The molecule has 0 bridgehead atoms. The lowest BCUT2D eigenvalue weighted by molar-refractivity contribution is 0.669. The molecular formula is C54H32O. The van der Waals surface area contributed by atoms with E-state index in [1.54, 1.807) is 0 Å². The van der Waals surface area contributed by atoms with Crippen molar-refractivity contribution in [2.75, 3.05) is 0 Å². The van der Waals surface area contributed by atoms with E-state index in [0.29, 0.717) is 0 Å². The van der Waals surface area contributed by atoms with Crippen LogP contribution in [0.3, 0.4) is 0 Å². The van der Waals surface area contributed by atoms with Crippen molar-refractivity contribution >= 4 is 86.6 Å². The number of furan rings is 1.